The Balaban J connectivity index is 1.38. The third-order valence-corrected chi connectivity index (χ3v) is 6.39. The highest BCUT2D eigenvalue weighted by Crippen LogP contribution is 2.31. The fourth-order valence-electron chi connectivity index (χ4n) is 4.74. The Hall–Kier alpha value is -4.58. The zero-order valence-electron chi connectivity index (χ0n) is 19.7. The molecule has 0 spiro atoms. The average molecular weight is 478 g/mol. The molecule has 0 bridgehead atoms. The molecule has 6 nitrogen and oxygen atoms in total. The van der Waals surface area contributed by atoms with E-state index in [2.05, 4.69) is 29.6 Å². The van der Waals surface area contributed by atoms with Crippen molar-refractivity contribution < 1.29 is 9.90 Å². The predicted molar refractivity (Wildman–Crippen MR) is 143 cm³/mol. The molecule has 2 N–H and O–H groups in total. The number of carboxylic acid groups (broad SMARTS) is 1. The maximum Gasteiger partial charge on any atom is 0.323 e. The molecule has 0 amide bonds. The molecule has 6 heteroatoms. The minimum atomic E-state index is -0.880. The summed E-state index contributed by atoms with van der Waals surface area (Å²) < 4.78 is 3.46. The van der Waals surface area contributed by atoms with Crippen LogP contribution >= 0.6 is 0 Å². The number of hydrogen-bond acceptors (Lipinski definition) is 3. The van der Waals surface area contributed by atoms with E-state index in [9.17, 15) is 9.59 Å². The number of aromatic nitrogens is 2. The first-order valence-electron chi connectivity index (χ1n) is 11.9. The van der Waals surface area contributed by atoms with Gasteiger partial charge in [-0.15, -0.1) is 0 Å². The minimum absolute atomic E-state index is 0.0231. The van der Waals surface area contributed by atoms with Crippen LogP contribution in [-0.2, 0) is 17.9 Å². The lowest BCUT2D eigenvalue weighted by Gasteiger charge is -2.20. The molecule has 0 fully saturated rings. The van der Waals surface area contributed by atoms with E-state index in [0.717, 1.165) is 22.2 Å². The van der Waals surface area contributed by atoms with Crippen LogP contribution in [0.1, 0.15) is 22.6 Å². The number of benzene rings is 3. The van der Waals surface area contributed by atoms with Gasteiger partial charge in [-0.05, 0) is 34.9 Å². The van der Waals surface area contributed by atoms with Gasteiger partial charge in [0.2, 0.25) is 0 Å². The maximum atomic E-state index is 12.7. The second kappa shape index (κ2) is 10.4. The zero-order valence-corrected chi connectivity index (χ0v) is 19.7. The lowest BCUT2D eigenvalue weighted by Crippen LogP contribution is -2.23. The van der Waals surface area contributed by atoms with Crippen LogP contribution in [-0.4, -0.2) is 26.8 Å². The molecule has 0 unspecified atom stereocenters. The van der Waals surface area contributed by atoms with Gasteiger partial charge in [-0.1, -0.05) is 72.8 Å². The lowest BCUT2D eigenvalue weighted by molar-refractivity contribution is -0.137. The van der Waals surface area contributed by atoms with Gasteiger partial charge in [0.1, 0.15) is 6.54 Å². The molecule has 36 heavy (non-hydrogen) atoms. The summed E-state index contributed by atoms with van der Waals surface area (Å²) in [6.45, 7) is 0.961. The fraction of sp³-hybridized carbons (Fsp3) is 0.133. The number of rotatable bonds is 9. The molecule has 5 rings (SSSR count). The van der Waals surface area contributed by atoms with Crippen LogP contribution in [0.3, 0.4) is 0 Å². The van der Waals surface area contributed by atoms with Gasteiger partial charge in [0.25, 0.3) is 5.56 Å². The Bertz CT molecular complexity index is 1500. The van der Waals surface area contributed by atoms with Gasteiger partial charge in [-0.2, -0.15) is 0 Å². The van der Waals surface area contributed by atoms with Crippen LogP contribution in [0.25, 0.3) is 10.9 Å². The van der Waals surface area contributed by atoms with E-state index in [1.165, 1.54) is 11.1 Å². The van der Waals surface area contributed by atoms with Crippen LogP contribution in [0.4, 0.5) is 5.69 Å². The Morgan fingerprint density at radius 2 is 1.47 bits per heavy atom. The molecule has 0 radical (unpaired) electrons. The summed E-state index contributed by atoms with van der Waals surface area (Å²) in [5.74, 6) is -0.857. The van der Waals surface area contributed by atoms with Crippen molar-refractivity contribution in [3.63, 3.8) is 0 Å². The molecule has 3 aromatic carbocycles. The van der Waals surface area contributed by atoms with Gasteiger partial charge < -0.3 is 19.6 Å². The van der Waals surface area contributed by atoms with Gasteiger partial charge in [-0.3, -0.25) is 9.59 Å². The van der Waals surface area contributed by atoms with Crippen molar-refractivity contribution in [3.05, 3.63) is 136 Å². The topological polar surface area (TPSA) is 76.3 Å². The molecule has 5 aromatic rings. The van der Waals surface area contributed by atoms with E-state index in [-0.39, 0.29) is 18.0 Å². The predicted octanol–water partition coefficient (Wildman–Crippen LogP) is 5.18. The smallest absolute Gasteiger partial charge is 0.323 e. The number of nitrogens with one attached hydrogen (secondary N) is 1. The molecule has 2 heterocycles. The highest BCUT2D eigenvalue weighted by molar-refractivity contribution is 5.93. The van der Waals surface area contributed by atoms with Crippen molar-refractivity contribution >= 4 is 22.6 Å². The van der Waals surface area contributed by atoms with Gasteiger partial charge >= 0.3 is 5.97 Å². The van der Waals surface area contributed by atoms with Crippen LogP contribution in [0, 0.1) is 0 Å². The second-order valence-corrected chi connectivity index (χ2v) is 8.75. The second-order valence-electron chi connectivity index (χ2n) is 8.75. The largest absolute Gasteiger partial charge is 0.480 e. The maximum absolute atomic E-state index is 12.7. The van der Waals surface area contributed by atoms with Gasteiger partial charge in [0, 0.05) is 48.5 Å². The highest BCUT2D eigenvalue weighted by Gasteiger charge is 2.17. The van der Waals surface area contributed by atoms with Crippen LogP contribution in [0.5, 0.6) is 0 Å². The number of anilines is 1. The molecule has 0 aliphatic heterocycles. The van der Waals surface area contributed by atoms with Crippen molar-refractivity contribution in [2.24, 2.45) is 0 Å². The van der Waals surface area contributed by atoms with Gasteiger partial charge in [-0.25, -0.2) is 0 Å². The summed E-state index contributed by atoms with van der Waals surface area (Å²) in [4.78, 5) is 23.8. The molecule has 0 aliphatic carbocycles. The summed E-state index contributed by atoms with van der Waals surface area (Å²) in [5, 5.41) is 13.5. The first-order chi connectivity index (χ1) is 17.6. The minimum Gasteiger partial charge on any atom is -0.480 e. The number of aliphatic carboxylic acids is 1. The van der Waals surface area contributed by atoms with Gasteiger partial charge in [0.05, 0.1) is 5.52 Å². The van der Waals surface area contributed by atoms with Crippen LogP contribution < -0.4 is 10.9 Å². The number of nitrogens with zero attached hydrogens (tertiary/aromatic N) is 2. The van der Waals surface area contributed by atoms with E-state index in [4.69, 9.17) is 5.11 Å². The van der Waals surface area contributed by atoms with E-state index < -0.39 is 5.97 Å². The SMILES string of the molecule is O=C(O)Cn1ccc2c(NCCn3cc(C(c4ccccc4)c4ccccc4)ccc3=O)cccc21. The lowest BCUT2D eigenvalue weighted by atomic mass is 9.86. The third-order valence-electron chi connectivity index (χ3n) is 6.39. The molecule has 0 saturated carbocycles. The number of carbonyl (C=O) groups is 1. The molecular weight excluding hydrogens is 450 g/mol. The Kier molecular flexibility index (Phi) is 6.67. The first-order valence-corrected chi connectivity index (χ1v) is 11.9. The van der Waals surface area contributed by atoms with Crippen molar-refractivity contribution in [2.75, 3.05) is 11.9 Å². The highest BCUT2D eigenvalue weighted by atomic mass is 16.4. The van der Waals surface area contributed by atoms with Gasteiger partial charge in [0.15, 0.2) is 0 Å². The van der Waals surface area contributed by atoms with E-state index in [0.29, 0.717) is 13.1 Å². The Labute approximate surface area is 209 Å². The van der Waals surface area contributed by atoms with Crippen molar-refractivity contribution in [2.45, 2.75) is 19.0 Å². The third kappa shape index (κ3) is 4.93. The standard InChI is InChI=1S/C30H27N3O3/c34-28-15-14-24(30(22-8-3-1-4-9-22)23-10-5-2-6-11-23)20-33(28)19-17-31-26-12-7-13-27-25(26)16-18-32(27)21-29(35)36/h1-16,18,20,30-31H,17,19,21H2,(H,35,36). The summed E-state index contributed by atoms with van der Waals surface area (Å²) in [6.07, 6.45) is 3.74. The molecule has 0 aliphatic rings. The number of hydrogen-bond donors (Lipinski definition) is 2. The number of fused-ring (bicyclic) bond motifs is 1. The molecule has 180 valence electrons. The molecular formula is C30H27N3O3. The number of pyridine rings is 1. The summed E-state index contributed by atoms with van der Waals surface area (Å²) in [7, 11) is 0. The summed E-state index contributed by atoms with van der Waals surface area (Å²) in [6, 6.07) is 31.9. The normalized spacial score (nSPS) is 11.1. The monoisotopic (exact) mass is 477 g/mol. The fourth-order valence-corrected chi connectivity index (χ4v) is 4.74. The molecule has 2 aromatic heterocycles. The zero-order chi connectivity index (χ0) is 24.9. The van der Waals surface area contributed by atoms with E-state index in [1.807, 2.05) is 72.9 Å². The van der Waals surface area contributed by atoms with Crippen molar-refractivity contribution in [3.8, 4) is 0 Å². The van der Waals surface area contributed by atoms with E-state index >= 15 is 0 Å². The first kappa shape index (κ1) is 23.2. The van der Waals surface area contributed by atoms with Crippen LogP contribution in [0.2, 0.25) is 0 Å². The Morgan fingerprint density at radius 1 is 0.778 bits per heavy atom. The Morgan fingerprint density at radius 3 is 2.14 bits per heavy atom. The average Bonchev–Trinajstić information content (AvgIpc) is 3.30. The van der Waals surface area contributed by atoms with Crippen LogP contribution in [0.15, 0.2) is 114 Å². The van der Waals surface area contributed by atoms with Crippen molar-refractivity contribution in [1.82, 2.24) is 9.13 Å². The number of carboxylic acids is 1. The summed E-state index contributed by atoms with van der Waals surface area (Å²) >= 11 is 0. The van der Waals surface area contributed by atoms with E-state index in [1.54, 1.807) is 21.4 Å². The quantitative estimate of drug-likeness (QED) is 0.307. The molecule has 0 atom stereocenters. The summed E-state index contributed by atoms with van der Waals surface area (Å²) in [5.41, 5.74) is 5.11. The molecule has 0 saturated heterocycles. The van der Waals surface area contributed by atoms with Crippen molar-refractivity contribution in [1.29, 1.82) is 0 Å².